The molecule has 0 aliphatic heterocycles. The minimum atomic E-state index is -1.04. The Balaban J connectivity index is 2.76. The molecule has 2 rings (SSSR count). The number of fused-ring (bicyclic) bond motifs is 1. The van der Waals surface area contributed by atoms with Crippen LogP contribution in [0.4, 0.5) is 0 Å². The lowest BCUT2D eigenvalue weighted by Crippen LogP contribution is -2.31. The maximum atomic E-state index is 12.4. The van der Waals surface area contributed by atoms with Crippen LogP contribution in [-0.4, -0.2) is 20.6 Å². The van der Waals surface area contributed by atoms with Gasteiger partial charge >= 0.3 is 5.97 Å². The molecule has 0 saturated carbocycles. The standard InChI is InChI=1S/C13H14N2O3S/c1-2-5-10(12(17)18)15-11(16)8-6-3-4-7-9(8)14-13(15)19/h3-4,6-7,10H,2,5H2,1H3,(H,14,19)(H,17,18). The highest BCUT2D eigenvalue weighted by Gasteiger charge is 2.21. The minimum Gasteiger partial charge on any atom is -0.480 e. The average Bonchev–Trinajstić information content (AvgIpc) is 2.37. The number of aliphatic carboxylic acids is 1. The van der Waals surface area contributed by atoms with E-state index in [2.05, 4.69) is 4.98 Å². The molecule has 100 valence electrons. The van der Waals surface area contributed by atoms with Gasteiger partial charge in [-0.05, 0) is 30.8 Å². The number of benzene rings is 1. The number of para-hydroxylation sites is 1. The number of H-pyrrole nitrogens is 1. The van der Waals surface area contributed by atoms with Gasteiger partial charge in [-0.1, -0.05) is 25.5 Å². The summed E-state index contributed by atoms with van der Waals surface area (Å²) in [6.45, 7) is 1.87. The molecule has 1 heterocycles. The van der Waals surface area contributed by atoms with Crippen molar-refractivity contribution < 1.29 is 9.90 Å². The molecule has 0 aliphatic rings. The molecular weight excluding hydrogens is 264 g/mol. The molecule has 6 heteroatoms. The van der Waals surface area contributed by atoms with Gasteiger partial charge in [-0.3, -0.25) is 9.36 Å². The van der Waals surface area contributed by atoms with Crippen LogP contribution in [0, 0.1) is 4.77 Å². The van der Waals surface area contributed by atoms with Crippen LogP contribution in [0.15, 0.2) is 29.1 Å². The Kier molecular flexibility index (Phi) is 3.80. The van der Waals surface area contributed by atoms with Crippen LogP contribution in [0.5, 0.6) is 0 Å². The first kappa shape index (κ1) is 13.5. The first-order chi connectivity index (χ1) is 9.06. The molecule has 0 saturated heterocycles. The fraction of sp³-hybridized carbons (Fsp3) is 0.308. The summed E-state index contributed by atoms with van der Waals surface area (Å²) in [7, 11) is 0. The van der Waals surface area contributed by atoms with Crippen molar-refractivity contribution in [3.8, 4) is 0 Å². The first-order valence-corrected chi connectivity index (χ1v) is 6.43. The molecule has 0 aliphatic carbocycles. The highest BCUT2D eigenvalue weighted by atomic mass is 32.1. The summed E-state index contributed by atoms with van der Waals surface area (Å²) in [5.74, 6) is -1.04. The highest BCUT2D eigenvalue weighted by molar-refractivity contribution is 7.71. The van der Waals surface area contributed by atoms with E-state index in [-0.39, 0.29) is 10.3 Å². The lowest BCUT2D eigenvalue weighted by Gasteiger charge is -2.15. The first-order valence-electron chi connectivity index (χ1n) is 6.02. The molecule has 1 unspecified atom stereocenters. The fourth-order valence-corrected chi connectivity index (χ4v) is 2.42. The van der Waals surface area contributed by atoms with Gasteiger partial charge in [0.05, 0.1) is 10.9 Å². The van der Waals surface area contributed by atoms with Crippen molar-refractivity contribution in [1.29, 1.82) is 0 Å². The number of rotatable bonds is 4. The van der Waals surface area contributed by atoms with Crippen LogP contribution in [0.2, 0.25) is 0 Å². The summed E-state index contributed by atoms with van der Waals surface area (Å²) in [6.07, 6.45) is 1.02. The van der Waals surface area contributed by atoms with Crippen molar-refractivity contribution in [1.82, 2.24) is 9.55 Å². The Bertz CT molecular complexity index is 732. The second kappa shape index (κ2) is 5.36. The molecule has 0 radical (unpaired) electrons. The third-order valence-corrected chi connectivity index (χ3v) is 3.29. The van der Waals surface area contributed by atoms with Crippen molar-refractivity contribution in [3.63, 3.8) is 0 Å². The number of carbonyl (C=O) groups is 1. The number of aromatic amines is 1. The molecule has 2 aromatic rings. The Labute approximate surface area is 114 Å². The Morgan fingerprint density at radius 1 is 1.47 bits per heavy atom. The minimum absolute atomic E-state index is 0.143. The van der Waals surface area contributed by atoms with Crippen molar-refractivity contribution in [2.24, 2.45) is 0 Å². The predicted molar refractivity (Wildman–Crippen MR) is 75.0 cm³/mol. The van der Waals surface area contributed by atoms with E-state index in [9.17, 15) is 14.7 Å². The van der Waals surface area contributed by atoms with Gasteiger partial charge in [0, 0.05) is 0 Å². The second-order valence-electron chi connectivity index (χ2n) is 4.29. The molecule has 1 aromatic heterocycles. The zero-order chi connectivity index (χ0) is 14.0. The van der Waals surface area contributed by atoms with Crippen molar-refractivity contribution in [2.45, 2.75) is 25.8 Å². The number of carboxylic acids is 1. The van der Waals surface area contributed by atoms with Crippen LogP contribution in [0.1, 0.15) is 25.8 Å². The van der Waals surface area contributed by atoms with Crippen LogP contribution in [0.3, 0.4) is 0 Å². The number of nitrogens with one attached hydrogen (secondary N) is 1. The molecule has 0 fully saturated rings. The van der Waals surface area contributed by atoms with Crippen LogP contribution >= 0.6 is 12.2 Å². The van der Waals surface area contributed by atoms with Gasteiger partial charge in [0.25, 0.3) is 5.56 Å². The number of carboxylic acid groups (broad SMARTS) is 1. The number of aromatic nitrogens is 2. The predicted octanol–water partition coefficient (Wildman–Crippen LogP) is 2.48. The van der Waals surface area contributed by atoms with Crippen molar-refractivity contribution >= 4 is 29.1 Å². The average molecular weight is 278 g/mol. The third kappa shape index (κ3) is 2.44. The molecule has 2 N–H and O–H groups in total. The number of nitrogens with zero attached hydrogens (tertiary/aromatic N) is 1. The van der Waals surface area contributed by atoms with Gasteiger partial charge in [-0.15, -0.1) is 0 Å². The quantitative estimate of drug-likeness (QED) is 0.842. The third-order valence-electron chi connectivity index (χ3n) is 3.00. The molecular formula is C13H14N2O3S. The molecule has 0 spiro atoms. The van der Waals surface area contributed by atoms with Crippen LogP contribution in [-0.2, 0) is 4.79 Å². The summed E-state index contributed by atoms with van der Waals surface area (Å²) in [5, 5.41) is 9.70. The molecule has 0 amide bonds. The normalized spacial score (nSPS) is 12.5. The van der Waals surface area contributed by atoms with E-state index in [0.29, 0.717) is 23.7 Å². The lowest BCUT2D eigenvalue weighted by molar-refractivity contribution is -0.141. The molecule has 19 heavy (non-hydrogen) atoms. The Hall–Kier alpha value is -1.95. The number of hydrogen-bond donors (Lipinski definition) is 2. The maximum Gasteiger partial charge on any atom is 0.326 e. The second-order valence-corrected chi connectivity index (χ2v) is 4.68. The largest absolute Gasteiger partial charge is 0.480 e. The summed E-state index contributed by atoms with van der Waals surface area (Å²) in [6, 6.07) is 6.00. The van der Waals surface area contributed by atoms with E-state index in [1.807, 2.05) is 6.92 Å². The molecule has 0 bridgehead atoms. The van der Waals surface area contributed by atoms with E-state index >= 15 is 0 Å². The maximum absolute atomic E-state index is 12.4. The zero-order valence-corrected chi connectivity index (χ0v) is 11.2. The van der Waals surface area contributed by atoms with Crippen LogP contribution < -0.4 is 5.56 Å². The van der Waals surface area contributed by atoms with E-state index in [1.165, 1.54) is 0 Å². The Morgan fingerprint density at radius 2 is 2.16 bits per heavy atom. The topological polar surface area (TPSA) is 75.1 Å². The van der Waals surface area contributed by atoms with Crippen molar-refractivity contribution in [3.05, 3.63) is 39.4 Å². The monoisotopic (exact) mass is 278 g/mol. The SMILES string of the molecule is CCCC(C(=O)O)n1c(=S)[nH]c2ccccc2c1=O. The molecule has 1 atom stereocenters. The van der Waals surface area contributed by atoms with Crippen molar-refractivity contribution in [2.75, 3.05) is 0 Å². The summed E-state index contributed by atoms with van der Waals surface area (Å²) in [4.78, 5) is 26.6. The van der Waals surface area contributed by atoms with E-state index in [4.69, 9.17) is 12.2 Å². The smallest absolute Gasteiger partial charge is 0.326 e. The summed E-state index contributed by atoms with van der Waals surface area (Å²) >= 11 is 5.12. The Morgan fingerprint density at radius 3 is 2.79 bits per heavy atom. The highest BCUT2D eigenvalue weighted by Crippen LogP contribution is 2.15. The van der Waals surface area contributed by atoms with Gasteiger partial charge < -0.3 is 10.1 Å². The summed E-state index contributed by atoms with van der Waals surface area (Å²) in [5.41, 5.74) is 0.259. The lowest BCUT2D eigenvalue weighted by atomic mass is 10.1. The zero-order valence-electron chi connectivity index (χ0n) is 10.4. The summed E-state index contributed by atoms with van der Waals surface area (Å²) < 4.78 is 1.30. The van der Waals surface area contributed by atoms with Gasteiger partial charge in [0.2, 0.25) is 0 Å². The van der Waals surface area contributed by atoms with Gasteiger partial charge in [0.1, 0.15) is 6.04 Å². The molecule has 5 nitrogen and oxygen atoms in total. The van der Waals surface area contributed by atoms with E-state index in [0.717, 1.165) is 4.57 Å². The van der Waals surface area contributed by atoms with Gasteiger partial charge in [-0.2, -0.15) is 0 Å². The molecule has 1 aromatic carbocycles. The van der Waals surface area contributed by atoms with Gasteiger partial charge in [-0.25, -0.2) is 4.79 Å². The van der Waals surface area contributed by atoms with E-state index in [1.54, 1.807) is 24.3 Å². The fourth-order valence-electron chi connectivity index (χ4n) is 2.10. The van der Waals surface area contributed by atoms with E-state index < -0.39 is 12.0 Å². The van der Waals surface area contributed by atoms with Gasteiger partial charge in [0.15, 0.2) is 4.77 Å². The van der Waals surface area contributed by atoms with Crippen LogP contribution in [0.25, 0.3) is 10.9 Å². The number of hydrogen-bond acceptors (Lipinski definition) is 3.